The van der Waals surface area contributed by atoms with Gasteiger partial charge in [0.2, 0.25) is 0 Å². The predicted octanol–water partition coefficient (Wildman–Crippen LogP) is 3.81. The molecule has 1 fully saturated rings. The number of morpholine rings is 1. The molecule has 0 saturated carbocycles. The molecule has 6 heteroatoms. The van der Waals surface area contributed by atoms with Crippen molar-refractivity contribution in [1.82, 2.24) is 4.90 Å². The van der Waals surface area contributed by atoms with Crippen LogP contribution in [-0.4, -0.2) is 49.7 Å². The van der Waals surface area contributed by atoms with Crippen LogP contribution in [0, 0.1) is 0 Å². The summed E-state index contributed by atoms with van der Waals surface area (Å²) in [6.07, 6.45) is 2.87. The average Bonchev–Trinajstić information content (AvgIpc) is 2.74. The van der Waals surface area contributed by atoms with Crippen molar-refractivity contribution in [2.75, 3.05) is 32.9 Å². The van der Waals surface area contributed by atoms with E-state index in [0.717, 1.165) is 11.3 Å². The van der Waals surface area contributed by atoms with Gasteiger partial charge in [-0.15, -0.1) is 0 Å². The smallest absolute Gasteiger partial charge is 0.415 e. The molecule has 2 aromatic carbocycles. The first-order valence-corrected chi connectivity index (χ1v) is 9.25. The van der Waals surface area contributed by atoms with Gasteiger partial charge in [-0.1, -0.05) is 18.2 Å². The maximum atomic E-state index is 12.3. The Kier molecular flexibility index (Phi) is 6.81. The van der Waals surface area contributed by atoms with Crippen LogP contribution in [-0.2, 0) is 4.74 Å². The first kappa shape index (κ1) is 19.6. The van der Waals surface area contributed by atoms with Crippen molar-refractivity contribution in [3.63, 3.8) is 0 Å². The van der Waals surface area contributed by atoms with Crippen molar-refractivity contribution in [2.24, 2.45) is 0 Å². The van der Waals surface area contributed by atoms with Gasteiger partial charge in [-0.25, -0.2) is 4.79 Å². The predicted molar refractivity (Wildman–Crippen MR) is 106 cm³/mol. The lowest BCUT2D eigenvalue weighted by molar-refractivity contribution is 0.0416. The van der Waals surface area contributed by atoms with Crippen LogP contribution in [0.3, 0.4) is 0 Å². The van der Waals surface area contributed by atoms with Gasteiger partial charge in [0.1, 0.15) is 11.5 Å². The zero-order valence-corrected chi connectivity index (χ0v) is 15.8. The molecule has 1 aliphatic heterocycles. The van der Waals surface area contributed by atoms with Crippen LogP contribution >= 0.6 is 0 Å². The molecule has 0 bridgehead atoms. The van der Waals surface area contributed by atoms with Gasteiger partial charge in [0.25, 0.3) is 0 Å². The van der Waals surface area contributed by atoms with Crippen LogP contribution in [0.5, 0.6) is 11.5 Å². The number of carbonyl (C=O) groups excluding carboxylic acids is 2. The second-order valence-electron chi connectivity index (χ2n) is 6.19. The lowest BCUT2D eigenvalue weighted by Gasteiger charge is -2.25. The van der Waals surface area contributed by atoms with E-state index in [1.807, 2.05) is 31.2 Å². The minimum atomic E-state index is -0.405. The van der Waals surface area contributed by atoms with Gasteiger partial charge in [0.15, 0.2) is 5.78 Å². The summed E-state index contributed by atoms with van der Waals surface area (Å²) in [7, 11) is 0. The van der Waals surface area contributed by atoms with E-state index in [1.54, 1.807) is 35.2 Å². The van der Waals surface area contributed by atoms with Crippen molar-refractivity contribution in [3.05, 3.63) is 65.7 Å². The van der Waals surface area contributed by atoms with Gasteiger partial charge >= 0.3 is 6.09 Å². The summed E-state index contributed by atoms with van der Waals surface area (Å²) in [6.45, 7) is 4.62. The molecule has 0 atom stereocenters. The molecule has 0 radical (unpaired) electrons. The normalized spacial score (nSPS) is 14.1. The summed E-state index contributed by atoms with van der Waals surface area (Å²) in [5, 5.41) is 0. The Morgan fingerprint density at radius 1 is 1.00 bits per heavy atom. The molecular formula is C22H23NO5. The molecule has 1 heterocycles. The van der Waals surface area contributed by atoms with Crippen LogP contribution in [0.15, 0.2) is 54.6 Å². The second-order valence-corrected chi connectivity index (χ2v) is 6.19. The minimum absolute atomic E-state index is 0.125. The van der Waals surface area contributed by atoms with Crippen molar-refractivity contribution in [2.45, 2.75) is 6.92 Å². The summed E-state index contributed by atoms with van der Waals surface area (Å²) in [6, 6.07) is 14.1. The molecule has 1 saturated heterocycles. The third-order valence-corrected chi connectivity index (χ3v) is 4.23. The molecule has 2 aromatic rings. The van der Waals surface area contributed by atoms with E-state index < -0.39 is 6.09 Å². The molecule has 146 valence electrons. The fourth-order valence-corrected chi connectivity index (χ4v) is 2.71. The molecule has 0 spiro atoms. The monoisotopic (exact) mass is 381 g/mol. The molecule has 0 aromatic heterocycles. The standard InChI is InChI=1S/C22H23NO5/c1-2-27-19-8-3-17(4-9-19)5-12-21(24)18-6-10-20(11-7-18)28-22(25)23-13-15-26-16-14-23/h3-12H,2,13-16H2,1H3/b12-5+. The molecule has 0 unspecified atom stereocenters. The van der Waals surface area contributed by atoms with Gasteiger partial charge in [-0.3, -0.25) is 4.79 Å². The molecule has 1 aliphatic rings. The molecule has 1 amide bonds. The Morgan fingerprint density at radius 2 is 1.64 bits per heavy atom. The first-order chi connectivity index (χ1) is 13.7. The number of nitrogens with zero attached hydrogens (tertiary/aromatic N) is 1. The van der Waals surface area contributed by atoms with Crippen LogP contribution < -0.4 is 9.47 Å². The number of rotatable bonds is 6. The third-order valence-electron chi connectivity index (χ3n) is 4.23. The number of carbonyl (C=O) groups is 2. The van der Waals surface area contributed by atoms with Crippen LogP contribution in [0.1, 0.15) is 22.8 Å². The van der Waals surface area contributed by atoms with Crippen molar-refractivity contribution in [3.8, 4) is 11.5 Å². The van der Waals surface area contributed by atoms with E-state index in [-0.39, 0.29) is 5.78 Å². The number of ether oxygens (including phenoxy) is 3. The van der Waals surface area contributed by atoms with Gasteiger partial charge in [-0.2, -0.15) is 0 Å². The minimum Gasteiger partial charge on any atom is -0.494 e. The summed E-state index contributed by atoms with van der Waals surface area (Å²) < 4.78 is 16.0. The Bertz CT molecular complexity index is 821. The highest BCUT2D eigenvalue weighted by atomic mass is 16.6. The van der Waals surface area contributed by atoms with E-state index in [1.165, 1.54) is 6.08 Å². The van der Waals surface area contributed by atoms with Crippen LogP contribution in [0.25, 0.3) is 6.08 Å². The molecule has 0 aliphatic carbocycles. The van der Waals surface area contributed by atoms with Gasteiger partial charge < -0.3 is 19.1 Å². The number of allylic oxidation sites excluding steroid dienone is 1. The highest BCUT2D eigenvalue weighted by molar-refractivity contribution is 6.06. The third kappa shape index (κ3) is 5.44. The number of hydrogen-bond donors (Lipinski definition) is 0. The Labute approximate surface area is 164 Å². The van der Waals surface area contributed by atoms with Crippen molar-refractivity contribution in [1.29, 1.82) is 0 Å². The molecule has 6 nitrogen and oxygen atoms in total. The highest BCUT2D eigenvalue weighted by Crippen LogP contribution is 2.16. The fraction of sp³-hybridized carbons (Fsp3) is 0.273. The van der Waals surface area contributed by atoms with E-state index in [9.17, 15) is 9.59 Å². The van der Waals surface area contributed by atoms with E-state index in [4.69, 9.17) is 14.2 Å². The Balaban J connectivity index is 1.56. The zero-order valence-electron chi connectivity index (χ0n) is 15.8. The Hall–Kier alpha value is -3.12. The lowest BCUT2D eigenvalue weighted by Crippen LogP contribution is -2.42. The highest BCUT2D eigenvalue weighted by Gasteiger charge is 2.18. The van der Waals surface area contributed by atoms with E-state index >= 15 is 0 Å². The summed E-state index contributed by atoms with van der Waals surface area (Å²) in [5.74, 6) is 1.08. The second kappa shape index (κ2) is 9.71. The van der Waals surface area contributed by atoms with Gasteiger partial charge in [0.05, 0.1) is 19.8 Å². The average molecular weight is 381 g/mol. The number of amides is 1. The number of ketones is 1. The first-order valence-electron chi connectivity index (χ1n) is 9.25. The summed E-state index contributed by atoms with van der Waals surface area (Å²) >= 11 is 0. The maximum absolute atomic E-state index is 12.3. The number of hydrogen-bond acceptors (Lipinski definition) is 5. The maximum Gasteiger partial charge on any atom is 0.415 e. The van der Waals surface area contributed by atoms with E-state index in [0.29, 0.717) is 44.2 Å². The summed E-state index contributed by atoms with van der Waals surface area (Å²) in [4.78, 5) is 26.0. The van der Waals surface area contributed by atoms with Gasteiger partial charge in [-0.05, 0) is 55.0 Å². The summed E-state index contributed by atoms with van der Waals surface area (Å²) in [5.41, 5.74) is 1.43. The molecular weight excluding hydrogens is 358 g/mol. The largest absolute Gasteiger partial charge is 0.494 e. The van der Waals surface area contributed by atoms with Crippen LogP contribution in [0.4, 0.5) is 4.79 Å². The fourth-order valence-electron chi connectivity index (χ4n) is 2.71. The zero-order chi connectivity index (χ0) is 19.8. The van der Waals surface area contributed by atoms with Crippen molar-refractivity contribution < 1.29 is 23.8 Å². The molecule has 0 N–H and O–H groups in total. The Morgan fingerprint density at radius 3 is 2.29 bits per heavy atom. The van der Waals surface area contributed by atoms with E-state index in [2.05, 4.69) is 0 Å². The quantitative estimate of drug-likeness (QED) is 0.562. The lowest BCUT2D eigenvalue weighted by atomic mass is 10.1. The molecule has 28 heavy (non-hydrogen) atoms. The molecule has 3 rings (SSSR count). The van der Waals surface area contributed by atoms with Crippen molar-refractivity contribution >= 4 is 18.0 Å². The SMILES string of the molecule is CCOc1ccc(/C=C/C(=O)c2ccc(OC(=O)N3CCOCC3)cc2)cc1. The van der Waals surface area contributed by atoms with Crippen LogP contribution in [0.2, 0.25) is 0 Å². The topological polar surface area (TPSA) is 65.1 Å². The number of benzene rings is 2. The van der Waals surface area contributed by atoms with Gasteiger partial charge in [0, 0.05) is 18.7 Å².